The molecule has 0 radical (unpaired) electrons. The maximum atomic E-state index is 12.1. The van der Waals surface area contributed by atoms with E-state index in [1.54, 1.807) is 6.07 Å². The summed E-state index contributed by atoms with van der Waals surface area (Å²) in [5.74, 6) is -1.30. The molecule has 1 aromatic heterocycles. The average molecular weight is 264 g/mol. The summed E-state index contributed by atoms with van der Waals surface area (Å²) in [5.41, 5.74) is 0.899. The Hall–Kier alpha value is -2.21. The number of pyridine rings is 1. The highest BCUT2D eigenvalue weighted by Crippen LogP contribution is 2.08. The highest BCUT2D eigenvalue weighted by molar-refractivity contribution is 5.94. The summed E-state index contributed by atoms with van der Waals surface area (Å²) in [5, 5.41) is 17.4. The number of aliphatic carboxylic acids is 1. The van der Waals surface area contributed by atoms with E-state index in [9.17, 15) is 9.59 Å². The van der Waals surface area contributed by atoms with E-state index in [0.717, 1.165) is 6.08 Å². The van der Waals surface area contributed by atoms with Crippen molar-refractivity contribution < 1.29 is 19.8 Å². The predicted molar refractivity (Wildman–Crippen MR) is 69.6 cm³/mol. The van der Waals surface area contributed by atoms with E-state index >= 15 is 0 Å². The summed E-state index contributed by atoms with van der Waals surface area (Å²) in [4.78, 5) is 27.9. The number of hydrogen-bond acceptors (Lipinski definition) is 4. The topological polar surface area (TPSA) is 90.7 Å². The number of carboxylic acid groups (broad SMARTS) is 1. The first kappa shape index (κ1) is 14.8. The Kier molecular flexibility index (Phi) is 5.69. The van der Waals surface area contributed by atoms with Crippen LogP contribution in [0.1, 0.15) is 22.8 Å². The molecule has 0 atom stereocenters. The maximum Gasteiger partial charge on any atom is 0.328 e. The second-order valence-corrected chi connectivity index (χ2v) is 3.79. The second-order valence-electron chi connectivity index (χ2n) is 3.79. The molecule has 0 aromatic carbocycles. The van der Waals surface area contributed by atoms with Gasteiger partial charge in [0.2, 0.25) is 0 Å². The minimum absolute atomic E-state index is 0.106. The molecule has 6 heteroatoms. The van der Waals surface area contributed by atoms with Crippen LogP contribution in [0.15, 0.2) is 24.5 Å². The Labute approximate surface area is 111 Å². The lowest BCUT2D eigenvalue weighted by molar-refractivity contribution is -0.131. The fraction of sp³-hybridized carbons (Fsp3) is 0.308. The quantitative estimate of drug-likeness (QED) is 0.735. The second kappa shape index (κ2) is 7.27. The van der Waals surface area contributed by atoms with Crippen molar-refractivity contribution >= 4 is 18.0 Å². The zero-order chi connectivity index (χ0) is 14.3. The molecule has 0 aliphatic heterocycles. The number of nitrogens with zero attached hydrogens (tertiary/aromatic N) is 2. The molecule has 1 aromatic rings. The van der Waals surface area contributed by atoms with Crippen molar-refractivity contribution in [3.8, 4) is 0 Å². The molecule has 0 spiro atoms. The van der Waals surface area contributed by atoms with Gasteiger partial charge in [-0.3, -0.25) is 9.78 Å². The third-order valence-electron chi connectivity index (χ3n) is 2.46. The van der Waals surface area contributed by atoms with Gasteiger partial charge in [-0.1, -0.05) is 0 Å². The van der Waals surface area contributed by atoms with E-state index in [1.165, 1.54) is 23.4 Å². The van der Waals surface area contributed by atoms with Crippen LogP contribution in [-0.2, 0) is 4.79 Å². The highest BCUT2D eigenvalue weighted by atomic mass is 16.4. The summed E-state index contributed by atoms with van der Waals surface area (Å²) < 4.78 is 0. The Balaban J connectivity index is 2.92. The molecule has 0 aliphatic carbocycles. The third-order valence-corrected chi connectivity index (χ3v) is 2.46. The predicted octanol–water partition coefficient (Wildman–Crippen LogP) is 0.634. The van der Waals surface area contributed by atoms with Crippen molar-refractivity contribution in [1.82, 2.24) is 9.88 Å². The number of hydrogen-bond donors (Lipinski definition) is 2. The summed E-state index contributed by atoms with van der Waals surface area (Å²) >= 11 is 0. The number of carboxylic acids is 1. The van der Waals surface area contributed by atoms with Gasteiger partial charge in [0.1, 0.15) is 0 Å². The highest BCUT2D eigenvalue weighted by Gasteiger charge is 2.13. The van der Waals surface area contributed by atoms with Gasteiger partial charge >= 0.3 is 5.97 Å². The largest absolute Gasteiger partial charge is 0.478 e. The number of likely N-dealkylation sites (N-methyl/N-ethyl adjacent to an activating group) is 1. The number of rotatable bonds is 6. The van der Waals surface area contributed by atoms with Crippen LogP contribution in [-0.4, -0.2) is 51.7 Å². The Morgan fingerprint density at radius 2 is 2.16 bits per heavy atom. The third kappa shape index (κ3) is 4.51. The molecule has 19 heavy (non-hydrogen) atoms. The van der Waals surface area contributed by atoms with E-state index in [1.807, 2.05) is 6.92 Å². The normalized spacial score (nSPS) is 10.6. The molecule has 0 aliphatic rings. The minimum atomic E-state index is -1.06. The summed E-state index contributed by atoms with van der Waals surface area (Å²) in [7, 11) is 0. The van der Waals surface area contributed by atoms with Crippen LogP contribution in [0.2, 0.25) is 0 Å². The van der Waals surface area contributed by atoms with Gasteiger partial charge in [-0.25, -0.2) is 4.79 Å². The lowest BCUT2D eigenvalue weighted by atomic mass is 10.1. The lowest BCUT2D eigenvalue weighted by Gasteiger charge is -2.19. The first-order valence-electron chi connectivity index (χ1n) is 5.84. The zero-order valence-electron chi connectivity index (χ0n) is 10.6. The van der Waals surface area contributed by atoms with Crippen molar-refractivity contribution in [2.24, 2.45) is 0 Å². The Morgan fingerprint density at radius 1 is 1.42 bits per heavy atom. The molecule has 0 saturated heterocycles. The van der Waals surface area contributed by atoms with Crippen LogP contribution in [0.4, 0.5) is 0 Å². The van der Waals surface area contributed by atoms with Crippen LogP contribution in [0.5, 0.6) is 0 Å². The standard InChI is InChI=1S/C13H16N2O4/c1-2-15(5-6-16)13(19)11-7-10(8-14-9-11)3-4-12(17)18/h3-4,7-9,16H,2,5-6H2,1H3,(H,17,18)/b4-3+. The number of carbonyl (C=O) groups is 2. The maximum absolute atomic E-state index is 12.1. The molecule has 0 bridgehead atoms. The number of aliphatic hydroxyl groups excluding tert-OH is 1. The zero-order valence-corrected chi connectivity index (χ0v) is 10.6. The van der Waals surface area contributed by atoms with Gasteiger partial charge < -0.3 is 15.1 Å². The number of aromatic nitrogens is 1. The molecule has 0 saturated carbocycles. The van der Waals surface area contributed by atoms with Crippen LogP contribution in [0.3, 0.4) is 0 Å². The molecule has 0 unspecified atom stereocenters. The number of carbonyl (C=O) groups excluding carboxylic acids is 1. The first-order valence-corrected chi connectivity index (χ1v) is 5.84. The van der Waals surface area contributed by atoms with Crippen molar-refractivity contribution in [3.05, 3.63) is 35.7 Å². The fourth-order valence-electron chi connectivity index (χ4n) is 1.54. The summed E-state index contributed by atoms with van der Waals surface area (Å²) in [6.45, 7) is 2.44. The summed E-state index contributed by atoms with van der Waals surface area (Å²) in [6.07, 6.45) is 5.24. The van der Waals surface area contributed by atoms with E-state index in [0.29, 0.717) is 17.7 Å². The Morgan fingerprint density at radius 3 is 2.74 bits per heavy atom. The first-order chi connectivity index (χ1) is 9.08. The Bertz CT molecular complexity index is 485. The fourth-order valence-corrected chi connectivity index (χ4v) is 1.54. The van der Waals surface area contributed by atoms with Crippen molar-refractivity contribution in [1.29, 1.82) is 0 Å². The SMILES string of the molecule is CCN(CCO)C(=O)c1cncc(/C=C/C(=O)O)c1. The van der Waals surface area contributed by atoms with E-state index in [4.69, 9.17) is 10.2 Å². The van der Waals surface area contributed by atoms with Gasteiger partial charge in [0.05, 0.1) is 12.2 Å². The number of amides is 1. The lowest BCUT2D eigenvalue weighted by Crippen LogP contribution is -2.33. The molecule has 1 rings (SSSR count). The number of aliphatic hydroxyl groups is 1. The molecule has 2 N–H and O–H groups in total. The van der Waals surface area contributed by atoms with Crippen LogP contribution in [0.25, 0.3) is 6.08 Å². The van der Waals surface area contributed by atoms with E-state index in [2.05, 4.69) is 4.98 Å². The molecule has 6 nitrogen and oxygen atoms in total. The van der Waals surface area contributed by atoms with Crippen molar-refractivity contribution in [3.63, 3.8) is 0 Å². The van der Waals surface area contributed by atoms with Gasteiger partial charge in [-0.2, -0.15) is 0 Å². The summed E-state index contributed by atoms with van der Waals surface area (Å²) in [6, 6.07) is 1.56. The van der Waals surface area contributed by atoms with Crippen LogP contribution in [0, 0.1) is 0 Å². The van der Waals surface area contributed by atoms with Gasteiger partial charge in [-0.05, 0) is 24.6 Å². The van der Waals surface area contributed by atoms with Gasteiger partial charge in [0.25, 0.3) is 5.91 Å². The van der Waals surface area contributed by atoms with Crippen LogP contribution >= 0.6 is 0 Å². The van der Waals surface area contributed by atoms with Crippen molar-refractivity contribution in [2.75, 3.05) is 19.7 Å². The molecule has 102 valence electrons. The molecule has 1 amide bonds. The van der Waals surface area contributed by atoms with E-state index in [-0.39, 0.29) is 19.1 Å². The van der Waals surface area contributed by atoms with Gasteiger partial charge in [0, 0.05) is 31.6 Å². The van der Waals surface area contributed by atoms with Crippen LogP contribution < -0.4 is 0 Å². The molecule has 0 fully saturated rings. The monoisotopic (exact) mass is 264 g/mol. The molecular weight excluding hydrogens is 248 g/mol. The average Bonchev–Trinajstić information content (AvgIpc) is 2.42. The van der Waals surface area contributed by atoms with E-state index < -0.39 is 5.97 Å². The van der Waals surface area contributed by atoms with Crippen molar-refractivity contribution in [2.45, 2.75) is 6.92 Å². The van der Waals surface area contributed by atoms with Gasteiger partial charge in [-0.15, -0.1) is 0 Å². The minimum Gasteiger partial charge on any atom is -0.478 e. The molecular formula is C13H16N2O4. The molecule has 1 heterocycles. The van der Waals surface area contributed by atoms with Gasteiger partial charge in [0.15, 0.2) is 0 Å². The smallest absolute Gasteiger partial charge is 0.328 e.